The number of ether oxygens (including phenoxy) is 1. The molecule has 0 radical (unpaired) electrons. The average Bonchev–Trinajstić information content (AvgIpc) is 2.60. The molecule has 4 heteroatoms. The van der Waals surface area contributed by atoms with Gasteiger partial charge in [-0.15, -0.1) is 0 Å². The fourth-order valence-electron chi connectivity index (χ4n) is 2.68. The number of rotatable bonds is 5. The fraction of sp³-hybridized carbons (Fsp3) is 0.316. The van der Waals surface area contributed by atoms with Crippen LogP contribution in [0.25, 0.3) is 0 Å². The van der Waals surface area contributed by atoms with Crippen LogP contribution in [0, 0.1) is 0 Å². The highest BCUT2D eigenvalue weighted by molar-refractivity contribution is 5.84. The lowest BCUT2D eigenvalue weighted by atomic mass is 10.1. The number of phenols is 1. The second-order valence-electron chi connectivity index (χ2n) is 5.70. The fourth-order valence-corrected chi connectivity index (χ4v) is 2.68. The topological polar surface area (TPSA) is 45.1 Å². The Hall–Kier alpha value is -2.17. The average molecular weight is 310 g/mol. The smallest absolute Gasteiger partial charge is 0.128 e. The highest BCUT2D eigenvalue weighted by Gasteiger charge is 2.13. The Morgan fingerprint density at radius 3 is 2.61 bits per heavy atom. The Morgan fingerprint density at radius 1 is 1.04 bits per heavy atom. The van der Waals surface area contributed by atoms with Crippen LogP contribution < -0.4 is 0 Å². The van der Waals surface area contributed by atoms with E-state index in [1.165, 1.54) is 0 Å². The van der Waals surface area contributed by atoms with Gasteiger partial charge >= 0.3 is 0 Å². The predicted molar refractivity (Wildman–Crippen MR) is 91.9 cm³/mol. The van der Waals surface area contributed by atoms with E-state index in [-0.39, 0.29) is 0 Å². The molecule has 120 valence electrons. The van der Waals surface area contributed by atoms with Gasteiger partial charge in [-0.2, -0.15) is 0 Å². The summed E-state index contributed by atoms with van der Waals surface area (Å²) in [5, 5.41) is 10.5. The molecular weight excluding hydrogens is 288 g/mol. The number of para-hydroxylation sites is 1. The van der Waals surface area contributed by atoms with E-state index in [2.05, 4.69) is 9.89 Å². The first-order valence-electron chi connectivity index (χ1n) is 7.97. The van der Waals surface area contributed by atoms with E-state index in [1.54, 1.807) is 6.21 Å². The minimum atomic E-state index is 0.329. The summed E-state index contributed by atoms with van der Waals surface area (Å²) >= 11 is 0. The molecule has 0 atom stereocenters. The van der Waals surface area contributed by atoms with Crippen molar-refractivity contribution in [2.75, 3.05) is 26.3 Å². The van der Waals surface area contributed by atoms with Crippen molar-refractivity contribution in [3.63, 3.8) is 0 Å². The van der Waals surface area contributed by atoms with Gasteiger partial charge in [0.05, 0.1) is 19.8 Å². The zero-order chi connectivity index (χ0) is 15.9. The van der Waals surface area contributed by atoms with Crippen LogP contribution in [0.5, 0.6) is 5.75 Å². The number of phenolic OH excluding ortho intramolecular Hbond substituents is 1. The van der Waals surface area contributed by atoms with Crippen LogP contribution in [-0.4, -0.2) is 42.5 Å². The third-order valence-corrected chi connectivity index (χ3v) is 4.00. The number of hydrogen-bond donors (Lipinski definition) is 1. The van der Waals surface area contributed by atoms with Crippen molar-refractivity contribution in [2.24, 2.45) is 4.99 Å². The molecule has 1 aliphatic rings. The minimum Gasteiger partial charge on any atom is -0.507 e. The van der Waals surface area contributed by atoms with Gasteiger partial charge in [-0.05, 0) is 11.6 Å². The molecule has 2 aromatic carbocycles. The lowest BCUT2D eigenvalue weighted by molar-refractivity contribution is 0.0339. The van der Waals surface area contributed by atoms with Crippen molar-refractivity contribution >= 4 is 6.21 Å². The van der Waals surface area contributed by atoms with E-state index in [1.807, 2.05) is 48.5 Å². The number of aromatic hydroxyl groups is 1. The maximum Gasteiger partial charge on any atom is 0.128 e. The molecule has 0 saturated carbocycles. The summed E-state index contributed by atoms with van der Waals surface area (Å²) in [6.45, 7) is 4.71. The van der Waals surface area contributed by atoms with Gasteiger partial charge in [0.15, 0.2) is 0 Å². The van der Waals surface area contributed by atoms with Gasteiger partial charge in [0.25, 0.3) is 0 Å². The van der Waals surface area contributed by atoms with Gasteiger partial charge in [-0.25, -0.2) is 0 Å². The Bertz CT molecular complexity index is 650. The first-order chi connectivity index (χ1) is 11.3. The van der Waals surface area contributed by atoms with Crippen LogP contribution in [0.1, 0.15) is 16.7 Å². The van der Waals surface area contributed by atoms with Crippen molar-refractivity contribution in [2.45, 2.75) is 13.1 Å². The third-order valence-electron chi connectivity index (χ3n) is 4.00. The monoisotopic (exact) mass is 310 g/mol. The molecule has 1 N–H and O–H groups in total. The number of aliphatic imine (C=N–C) groups is 1. The van der Waals surface area contributed by atoms with E-state index >= 15 is 0 Å². The van der Waals surface area contributed by atoms with Crippen molar-refractivity contribution < 1.29 is 9.84 Å². The van der Waals surface area contributed by atoms with Crippen LogP contribution in [0.3, 0.4) is 0 Å². The van der Waals surface area contributed by atoms with Gasteiger partial charge in [0.1, 0.15) is 5.75 Å². The van der Waals surface area contributed by atoms with Crippen LogP contribution >= 0.6 is 0 Å². The standard InChI is InChI=1S/C19H22N2O2/c22-19-17(14-20-13-16-5-2-1-3-6-16)7-4-8-18(19)15-21-9-11-23-12-10-21/h1-8,14,22H,9-13,15H2. The molecule has 2 aromatic rings. The third kappa shape index (κ3) is 4.41. The Labute approximate surface area is 137 Å². The number of nitrogens with zero attached hydrogens (tertiary/aromatic N) is 2. The van der Waals surface area contributed by atoms with Crippen LogP contribution in [-0.2, 0) is 17.8 Å². The van der Waals surface area contributed by atoms with E-state index in [4.69, 9.17) is 4.74 Å². The normalized spacial score (nSPS) is 16.0. The molecule has 0 amide bonds. The molecule has 1 heterocycles. The number of morpholine rings is 1. The molecule has 3 rings (SSSR count). The lowest BCUT2D eigenvalue weighted by Gasteiger charge is -2.26. The summed E-state index contributed by atoms with van der Waals surface area (Å²) < 4.78 is 5.36. The molecular formula is C19H22N2O2. The first kappa shape index (κ1) is 15.7. The Kier molecular flexibility index (Phi) is 5.40. The van der Waals surface area contributed by atoms with E-state index in [0.717, 1.165) is 49.5 Å². The summed E-state index contributed by atoms with van der Waals surface area (Å²) in [7, 11) is 0. The SMILES string of the molecule is Oc1c(C=NCc2ccccc2)cccc1CN1CCOCC1. The van der Waals surface area contributed by atoms with E-state index in [0.29, 0.717) is 12.3 Å². The highest BCUT2D eigenvalue weighted by atomic mass is 16.5. The molecule has 23 heavy (non-hydrogen) atoms. The Balaban J connectivity index is 1.66. The largest absolute Gasteiger partial charge is 0.507 e. The van der Waals surface area contributed by atoms with E-state index < -0.39 is 0 Å². The second-order valence-corrected chi connectivity index (χ2v) is 5.70. The van der Waals surface area contributed by atoms with Crippen molar-refractivity contribution in [1.29, 1.82) is 0 Å². The molecule has 0 aromatic heterocycles. The molecule has 1 fully saturated rings. The quantitative estimate of drug-likeness (QED) is 0.864. The summed E-state index contributed by atoms with van der Waals surface area (Å²) in [4.78, 5) is 6.74. The summed E-state index contributed by atoms with van der Waals surface area (Å²) in [6, 6.07) is 15.9. The maximum absolute atomic E-state index is 10.5. The summed E-state index contributed by atoms with van der Waals surface area (Å²) in [5.41, 5.74) is 2.87. The summed E-state index contributed by atoms with van der Waals surface area (Å²) in [6.07, 6.45) is 1.76. The van der Waals surface area contributed by atoms with Crippen LogP contribution in [0.2, 0.25) is 0 Å². The van der Waals surface area contributed by atoms with Crippen molar-refractivity contribution in [3.8, 4) is 5.75 Å². The van der Waals surface area contributed by atoms with Crippen molar-refractivity contribution in [3.05, 3.63) is 65.2 Å². The van der Waals surface area contributed by atoms with Gasteiger partial charge < -0.3 is 9.84 Å². The zero-order valence-electron chi connectivity index (χ0n) is 13.2. The predicted octanol–water partition coefficient (Wildman–Crippen LogP) is 2.84. The summed E-state index contributed by atoms with van der Waals surface area (Å²) in [5.74, 6) is 0.329. The molecule has 0 aliphatic carbocycles. The number of benzene rings is 2. The molecule has 0 unspecified atom stereocenters. The first-order valence-corrected chi connectivity index (χ1v) is 7.97. The van der Waals surface area contributed by atoms with Crippen molar-refractivity contribution in [1.82, 2.24) is 4.90 Å². The molecule has 1 saturated heterocycles. The van der Waals surface area contributed by atoms with Gasteiger partial charge in [-0.1, -0.05) is 42.5 Å². The lowest BCUT2D eigenvalue weighted by Crippen LogP contribution is -2.35. The molecule has 0 bridgehead atoms. The number of hydrogen-bond acceptors (Lipinski definition) is 4. The van der Waals surface area contributed by atoms with Crippen LogP contribution in [0.4, 0.5) is 0 Å². The molecule has 4 nitrogen and oxygen atoms in total. The zero-order valence-corrected chi connectivity index (χ0v) is 13.2. The van der Waals surface area contributed by atoms with E-state index in [9.17, 15) is 5.11 Å². The minimum absolute atomic E-state index is 0.329. The van der Waals surface area contributed by atoms with Crippen LogP contribution in [0.15, 0.2) is 53.5 Å². The van der Waals surface area contributed by atoms with Gasteiger partial charge in [0, 0.05) is 37.0 Å². The van der Waals surface area contributed by atoms with Gasteiger partial charge in [-0.3, -0.25) is 9.89 Å². The molecule has 1 aliphatic heterocycles. The maximum atomic E-state index is 10.5. The van der Waals surface area contributed by atoms with Gasteiger partial charge in [0.2, 0.25) is 0 Å². The highest BCUT2D eigenvalue weighted by Crippen LogP contribution is 2.23. The molecule has 0 spiro atoms. The second kappa shape index (κ2) is 7.90. The Morgan fingerprint density at radius 2 is 1.83 bits per heavy atom.